The number of benzene rings is 1. The zero-order chi connectivity index (χ0) is 19.8. The number of hydrogen-bond acceptors (Lipinski definition) is 4. The molecule has 7 heteroatoms. The minimum Gasteiger partial charge on any atom is -0.495 e. The number of imide groups is 1. The summed E-state index contributed by atoms with van der Waals surface area (Å²) in [6.45, 7) is 6.00. The Morgan fingerprint density at radius 2 is 2.00 bits per heavy atom. The van der Waals surface area contributed by atoms with E-state index in [2.05, 4.69) is 31.4 Å². The maximum Gasteiger partial charge on any atom is 0.325 e. The molecule has 3 rings (SSSR count). The predicted octanol–water partition coefficient (Wildman–Crippen LogP) is 2.77. The number of para-hydroxylation sites is 2. The first-order chi connectivity index (χ1) is 12.7. The van der Waals surface area contributed by atoms with Crippen LogP contribution in [0.1, 0.15) is 40.0 Å². The van der Waals surface area contributed by atoms with Gasteiger partial charge in [0.25, 0.3) is 5.91 Å². The highest BCUT2D eigenvalue weighted by molar-refractivity contribution is 6.10. The summed E-state index contributed by atoms with van der Waals surface area (Å²) in [5.74, 6) is 0.0909. The van der Waals surface area contributed by atoms with E-state index in [1.807, 2.05) is 0 Å². The fourth-order valence-electron chi connectivity index (χ4n) is 4.73. The fourth-order valence-corrected chi connectivity index (χ4v) is 4.73. The molecule has 1 heterocycles. The van der Waals surface area contributed by atoms with Crippen molar-refractivity contribution in [3.05, 3.63) is 24.3 Å². The van der Waals surface area contributed by atoms with Gasteiger partial charge >= 0.3 is 6.03 Å². The monoisotopic (exact) mass is 373 g/mol. The molecule has 1 aliphatic carbocycles. The number of hydrogen-bond donors (Lipinski definition) is 2. The number of nitrogens with one attached hydrogen (secondary N) is 2. The van der Waals surface area contributed by atoms with Gasteiger partial charge in [0, 0.05) is 0 Å². The van der Waals surface area contributed by atoms with Gasteiger partial charge in [-0.25, -0.2) is 4.79 Å². The molecule has 2 fully saturated rings. The van der Waals surface area contributed by atoms with Crippen molar-refractivity contribution in [2.24, 2.45) is 11.3 Å². The number of nitrogens with zero attached hydrogens (tertiary/aromatic N) is 1. The van der Waals surface area contributed by atoms with Crippen LogP contribution in [0.25, 0.3) is 0 Å². The molecule has 1 aliphatic heterocycles. The lowest BCUT2D eigenvalue weighted by molar-refractivity contribution is -0.136. The molecule has 2 atom stereocenters. The summed E-state index contributed by atoms with van der Waals surface area (Å²) in [6.07, 6.45) is 2.19. The SMILES string of the molecule is COc1ccccc1NC(=O)CN1C(=O)N[C@@]2(C[C@H](C)CC(C)(C)C2)C1=O. The third-order valence-corrected chi connectivity index (χ3v) is 5.31. The summed E-state index contributed by atoms with van der Waals surface area (Å²) in [4.78, 5) is 39.0. The molecule has 7 nitrogen and oxygen atoms in total. The van der Waals surface area contributed by atoms with Crippen LogP contribution in [0.15, 0.2) is 24.3 Å². The molecule has 1 aromatic rings. The highest BCUT2D eigenvalue weighted by Crippen LogP contribution is 2.46. The summed E-state index contributed by atoms with van der Waals surface area (Å²) in [6, 6.07) is 6.49. The molecular formula is C20H27N3O4. The number of carbonyl (C=O) groups is 3. The van der Waals surface area contributed by atoms with Gasteiger partial charge in [0.15, 0.2) is 0 Å². The zero-order valence-electron chi connectivity index (χ0n) is 16.3. The fraction of sp³-hybridized carbons (Fsp3) is 0.550. The van der Waals surface area contributed by atoms with Crippen LogP contribution in [0.4, 0.5) is 10.5 Å². The van der Waals surface area contributed by atoms with Gasteiger partial charge in [0.05, 0.1) is 12.8 Å². The number of urea groups is 1. The van der Waals surface area contributed by atoms with Gasteiger partial charge in [-0.3, -0.25) is 14.5 Å². The molecule has 27 heavy (non-hydrogen) atoms. The Morgan fingerprint density at radius 1 is 1.30 bits per heavy atom. The first-order valence-electron chi connectivity index (χ1n) is 9.23. The molecule has 0 radical (unpaired) electrons. The van der Waals surface area contributed by atoms with Crippen molar-refractivity contribution in [1.29, 1.82) is 0 Å². The second-order valence-electron chi connectivity index (χ2n) is 8.51. The second-order valence-corrected chi connectivity index (χ2v) is 8.51. The first kappa shape index (κ1) is 19.2. The summed E-state index contributed by atoms with van der Waals surface area (Å²) in [7, 11) is 1.51. The van der Waals surface area contributed by atoms with E-state index >= 15 is 0 Å². The van der Waals surface area contributed by atoms with Crippen molar-refractivity contribution in [1.82, 2.24) is 10.2 Å². The molecule has 2 N–H and O–H groups in total. The Labute approximate surface area is 159 Å². The highest BCUT2D eigenvalue weighted by atomic mass is 16.5. The smallest absolute Gasteiger partial charge is 0.325 e. The van der Waals surface area contributed by atoms with Crippen LogP contribution in [0.2, 0.25) is 0 Å². The molecule has 2 aliphatic rings. The second kappa shape index (κ2) is 6.87. The van der Waals surface area contributed by atoms with E-state index in [0.29, 0.717) is 30.2 Å². The van der Waals surface area contributed by atoms with Crippen LogP contribution in [0, 0.1) is 11.3 Å². The van der Waals surface area contributed by atoms with Crippen LogP contribution in [0.5, 0.6) is 5.75 Å². The van der Waals surface area contributed by atoms with Gasteiger partial charge in [-0.1, -0.05) is 32.9 Å². The maximum atomic E-state index is 13.1. The van der Waals surface area contributed by atoms with Crippen LogP contribution < -0.4 is 15.4 Å². The molecule has 0 aromatic heterocycles. The van der Waals surface area contributed by atoms with Gasteiger partial charge in [0.1, 0.15) is 17.8 Å². The number of ether oxygens (including phenoxy) is 1. The quantitative estimate of drug-likeness (QED) is 0.795. The minimum absolute atomic E-state index is 0.0454. The Balaban J connectivity index is 1.73. The van der Waals surface area contributed by atoms with E-state index in [1.165, 1.54) is 7.11 Å². The van der Waals surface area contributed by atoms with Crippen molar-refractivity contribution >= 4 is 23.5 Å². The molecule has 1 saturated heterocycles. The van der Waals surface area contributed by atoms with E-state index in [9.17, 15) is 14.4 Å². The number of carbonyl (C=O) groups excluding carboxylic acids is 3. The first-order valence-corrected chi connectivity index (χ1v) is 9.23. The van der Waals surface area contributed by atoms with Gasteiger partial charge in [-0.15, -0.1) is 0 Å². The zero-order valence-corrected chi connectivity index (χ0v) is 16.3. The normalized spacial score (nSPS) is 26.8. The number of rotatable bonds is 4. The summed E-state index contributed by atoms with van der Waals surface area (Å²) in [5.41, 5.74) is -0.446. The van der Waals surface area contributed by atoms with E-state index in [0.717, 1.165) is 11.3 Å². The van der Waals surface area contributed by atoms with Crippen molar-refractivity contribution < 1.29 is 19.1 Å². The van der Waals surface area contributed by atoms with Crippen molar-refractivity contribution in [3.63, 3.8) is 0 Å². The van der Waals surface area contributed by atoms with E-state index in [1.54, 1.807) is 24.3 Å². The van der Waals surface area contributed by atoms with Crippen LogP contribution >= 0.6 is 0 Å². The Bertz CT molecular complexity index is 776. The third kappa shape index (κ3) is 3.77. The number of anilines is 1. The largest absolute Gasteiger partial charge is 0.495 e. The van der Waals surface area contributed by atoms with E-state index in [4.69, 9.17) is 4.74 Å². The van der Waals surface area contributed by atoms with Gasteiger partial charge in [-0.2, -0.15) is 0 Å². The Kier molecular flexibility index (Phi) is 4.88. The van der Waals surface area contributed by atoms with Crippen LogP contribution in [-0.4, -0.2) is 41.9 Å². The predicted molar refractivity (Wildman–Crippen MR) is 101 cm³/mol. The van der Waals surface area contributed by atoms with Crippen molar-refractivity contribution in [2.75, 3.05) is 19.0 Å². The molecule has 0 unspecified atom stereocenters. The maximum absolute atomic E-state index is 13.1. The third-order valence-electron chi connectivity index (χ3n) is 5.31. The minimum atomic E-state index is -0.900. The molecular weight excluding hydrogens is 346 g/mol. The topological polar surface area (TPSA) is 87.7 Å². The molecule has 0 bridgehead atoms. The Hall–Kier alpha value is -2.57. The highest BCUT2D eigenvalue weighted by Gasteiger charge is 2.56. The summed E-state index contributed by atoms with van der Waals surface area (Å²) >= 11 is 0. The van der Waals surface area contributed by atoms with Gasteiger partial charge in [-0.05, 0) is 42.7 Å². The molecule has 1 aromatic carbocycles. The van der Waals surface area contributed by atoms with E-state index < -0.39 is 17.5 Å². The molecule has 4 amide bonds. The van der Waals surface area contributed by atoms with Gasteiger partial charge in [0.2, 0.25) is 5.91 Å². The molecule has 1 spiro atoms. The molecule has 146 valence electrons. The van der Waals surface area contributed by atoms with Gasteiger partial charge < -0.3 is 15.4 Å². The standard InChI is InChI=1S/C20H27N3O4/c1-13-9-19(2,3)12-20(10-13)17(25)23(18(26)22-20)11-16(24)21-14-7-5-6-8-15(14)27-4/h5-8,13H,9-12H2,1-4H3,(H,21,24)(H,22,26)/t13-,20-/m1/s1. The summed E-state index contributed by atoms with van der Waals surface area (Å²) in [5, 5.41) is 5.59. The van der Waals surface area contributed by atoms with E-state index in [-0.39, 0.29) is 17.9 Å². The lowest BCUT2D eigenvalue weighted by Crippen LogP contribution is -2.54. The van der Waals surface area contributed by atoms with Crippen molar-refractivity contribution in [2.45, 2.75) is 45.6 Å². The lowest BCUT2D eigenvalue weighted by Gasteiger charge is -2.43. The Morgan fingerprint density at radius 3 is 2.67 bits per heavy atom. The number of methoxy groups -OCH3 is 1. The van der Waals surface area contributed by atoms with Crippen LogP contribution in [0.3, 0.4) is 0 Å². The van der Waals surface area contributed by atoms with Crippen LogP contribution in [-0.2, 0) is 9.59 Å². The average Bonchev–Trinajstić information content (AvgIpc) is 2.77. The van der Waals surface area contributed by atoms with Crippen molar-refractivity contribution in [3.8, 4) is 5.75 Å². The average molecular weight is 373 g/mol. The number of amides is 4. The lowest BCUT2D eigenvalue weighted by atomic mass is 9.64. The molecule has 1 saturated carbocycles. The summed E-state index contributed by atoms with van der Waals surface area (Å²) < 4.78 is 5.21.